The van der Waals surface area contributed by atoms with Gasteiger partial charge in [-0.15, -0.1) is 0 Å². The normalized spacial score (nSPS) is 20.9. The standard InChI is InChI=1S/C19H23N5O4/c1-10-5-13-16(25)14(19(26)27)8-24(12-3-4-12)18(13)21-17(10)23-7-11(6-20)15(9-23)22-28-2/h5,8,11-12H,3-4,6-7,9,20H2,1-2H3,(H,26,27)/b22-15+. The number of carboxylic acid groups (broad SMARTS) is 1. The third kappa shape index (κ3) is 3.01. The molecular weight excluding hydrogens is 362 g/mol. The molecule has 9 nitrogen and oxygen atoms in total. The Hall–Kier alpha value is -2.94. The molecular formula is C19H23N5O4. The number of hydrogen-bond donors (Lipinski definition) is 2. The Balaban J connectivity index is 1.86. The van der Waals surface area contributed by atoms with Crippen LogP contribution in [-0.4, -0.2) is 53.1 Å². The fraction of sp³-hybridized carbons (Fsp3) is 0.474. The molecule has 1 aliphatic carbocycles. The number of pyridine rings is 2. The molecule has 1 aliphatic heterocycles. The van der Waals surface area contributed by atoms with Crippen LogP contribution >= 0.6 is 0 Å². The van der Waals surface area contributed by atoms with E-state index in [1.54, 1.807) is 6.07 Å². The van der Waals surface area contributed by atoms with Gasteiger partial charge in [0.05, 0.1) is 17.6 Å². The Labute approximate surface area is 161 Å². The number of anilines is 1. The molecule has 1 unspecified atom stereocenters. The van der Waals surface area contributed by atoms with Crippen molar-refractivity contribution in [1.29, 1.82) is 0 Å². The molecule has 1 atom stereocenters. The van der Waals surface area contributed by atoms with E-state index in [1.807, 2.05) is 11.5 Å². The second-order valence-electron chi connectivity index (χ2n) is 7.39. The lowest BCUT2D eigenvalue weighted by atomic mass is 10.1. The summed E-state index contributed by atoms with van der Waals surface area (Å²) in [6.07, 6.45) is 3.33. The number of carboxylic acids is 1. The van der Waals surface area contributed by atoms with E-state index in [1.165, 1.54) is 13.3 Å². The van der Waals surface area contributed by atoms with Gasteiger partial charge in [-0.25, -0.2) is 9.78 Å². The van der Waals surface area contributed by atoms with E-state index in [0.717, 1.165) is 29.9 Å². The minimum atomic E-state index is -1.21. The summed E-state index contributed by atoms with van der Waals surface area (Å²) in [5.41, 5.74) is 7.37. The SMILES string of the molecule is CO/N=C1\CN(c2nc3c(cc2C)c(=O)c(C(=O)O)cn3C2CC2)CC1CN. The summed E-state index contributed by atoms with van der Waals surface area (Å²) in [5.74, 6) is -0.380. The number of aromatic nitrogens is 2. The Morgan fingerprint density at radius 3 is 2.82 bits per heavy atom. The maximum atomic E-state index is 12.7. The number of carbonyl (C=O) groups is 1. The van der Waals surface area contributed by atoms with Gasteiger partial charge < -0.3 is 25.1 Å². The highest BCUT2D eigenvalue weighted by Crippen LogP contribution is 2.37. The first-order valence-corrected chi connectivity index (χ1v) is 9.29. The van der Waals surface area contributed by atoms with E-state index in [2.05, 4.69) is 10.1 Å². The van der Waals surface area contributed by atoms with Crippen LogP contribution in [0.4, 0.5) is 5.82 Å². The van der Waals surface area contributed by atoms with Gasteiger partial charge in [-0.3, -0.25) is 4.79 Å². The molecule has 0 bridgehead atoms. The van der Waals surface area contributed by atoms with Crippen molar-refractivity contribution in [3.63, 3.8) is 0 Å². The molecule has 0 spiro atoms. The summed E-state index contributed by atoms with van der Waals surface area (Å²) >= 11 is 0. The number of oxime groups is 1. The predicted molar refractivity (Wildman–Crippen MR) is 105 cm³/mol. The zero-order valence-electron chi connectivity index (χ0n) is 15.9. The van der Waals surface area contributed by atoms with Crippen LogP contribution in [0.3, 0.4) is 0 Å². The van der Waals surface area contributed by atoms with E-state index >= 15 is 0 Å². The number of aryl methyl sites for hydroxylation is 1. The average Bonchev–Trinajstić information content (AvgIpc) is 3.42. The van der Waals surface area contributed by atoms with Crippen molar-refractivity contribution in [3.05, 3.63) is 33.6 Å². The van der Waals surface area contributed by atoms with Gasteiger partial charge in [0.1, 0.15) is 24.1 Å². The van der Waals surface area contributed by atoms with Gasteiger partial charge in [-0.05, 0) is 31.4 Å². The van der Waals surface area contributed by atoms with Gasteiger partial charge in [-0.1, -0.05) is 5.16 Å². The Morgan fingerprint density at radius 1 is 1.46 bits per heavy atom. The molecule has 2 aromatic rings. The third-order valence-electron chi connectivity index (χ3n) is 5.40. The van der Waals surface area contributed by atoms with Crippen LogP contribution in [0.25, 0.3) is 11.0 Å². The lowest BCUT2D eigenvalue weighted by Crippen LogP contribution is -2.25. The molecule has 0 aromatic carbocycles. The Kier molecular flexibility index (Phi) is 4.54. The quantitative estimate of drug-likeness (QED) is 0.740. The number of nitrogens with zero attached hydrogens (tertiary/aromatic N) is 4. The zero-order valence-corrected chi connectivity index (χ0v) is 15.9. The third-order valence-corrected chi connectivity index (χ3v) is 5.40. The average molecular weight is 385 g/mol. The van der Waals surface area contributed by atoms with Gasteiger partial charge in [0.2, 0.25) is 5.43 Å². The molecule has 3 N–H and O–H groups in total. The van der Waals surface area contributed by atoms with Crippen molar-refractivity contribution in [2.24, 2.45) is 16.8 Å². The number of aromatic carboxylic acids is 1. The molecule has 2 aromatic heterocycles. The molecule has 0 amide bonds. The summed E-state index contributed by atoms with van der Waals surface area (Å²) < 4.78 is 1.84. The number of fused-ring (bicyclic) bond motifs is 1. The van der Waals surface area contributed by atoms with Crippen LogP contribution < -0.4 is 16.1 Å². The van der Waals surface area contributed by atoms with Crippen molar-refractivity contribution in [2.75, 3.05) is 31.6 Å². The lowest BCUT2D eigenvalue weighted by Gasteiger charge is -2.21. The lowest BCUT2D eigenvalue weighted by molar-refractivity contribution is 0.0695. The summed E-state index contributed by atoms with van der Waals surface area (Å²) in [7, 11) is 1.51. The van der Waals surface area contributed by atoms with Crippen molar-refractivity contribution in [2.45, 2.75) is 25.8 Å². The number of hydrogen-bond acceptors (Lipinski definition) is 7. The van der Waals surface area contributed by atoms with Crippen molar-refractivity contribution < 1.29 is 14.7 Å². The van der Waals surface area contributed by atoms with E-state index in [-0.39, 0.29) is 17.5 Å². The summed E-state index contributed by atoms with van der Waals surface area (Å²) in [5, 5.41) is 13.8. The van der Waals surface area contributed by atoms with Gasteiger partial charge in [-0.2, -0.15) is 0 Å². The molecule has 2 aliphatic rings. The summed E-state index contributed by atoms with van der Waals surface area (Å²) in [4.78, 5) is 36.0. The molecule has 148 valence electrons. The van der Waals surface area contributed by atoms with Crippen LogP contribution in [-0.2, 0) is 4.84 Å². The van der Waals surface area contributed by atoms with Crippen LogP contribution in [0.2, 0.25) is 0 Å². The van der Waals surface area contributed by atoms with Crippen LogP contribution in [0.1, 0.15) is 34.8 Å². The fourth-order valence-electron chi connectivity index (χ4n) is 3.82. The largest absolute Gasteiger partial charge is 0.477 e. The molecule has 3 heterocycles. The van der Waals surface area contributed by atoms with Gasteiger partial charge in [0.25, 0.3) is 0 Å². The zero-order chi connectivity index (χ0) is 20.0. The molecule has 2 fully saturated rings. The van der Waals surface area contributed by atoms with E-state index in [0.29, 0.717) is 30.7 Å². The maximum absolute atomic E-state index is 12.7. The molecule has 28 heavy (non-hydrogen) atoms. The fourth-order valence-corrected chi connectivity index (χ4v) is 3.82. The van der Waals surface area contributed by atoms with Crippen LogP contribution in [0.15, 0.2) is 22.2 Å². The van der Waals surface area contributed by atoms with Gasteiger partial charge in [0, 0.05) is 31.2 Å². The smallest absolute Gasteiger partial charge is 0.341 e. The predicted octanol–water partition coefficient (Wildman–Crippen LogP) is 1.14. The van der Waals surface area contributed by atoms with Crippen LogP contribution in [0.5, 0.6) is 0 Å². The first kappa shape index (κ1) is 18.4. The van der Waals surface area contributed by atoms with E-state index in [9.17, 15) is 14.7 Å². The Morgan fingerprint density at radius 2 is 2.21 bits per heavy atom. The topological polar surface area (TPSA) is 123 Å². The van der Waals surface area contributed by atoms with Crippen molar-refractivity contribution >= 4 is 28.5 Å². The van der Waals surface area contributed by atoms with E-state index < -0.39 is 11.4 Å². The molecule has 9 heteroatoms. The van der Waals surface area contributed by atoms with Crippen molar-refractivity contribution in [3.8, 4) is 0 Å². The number of rotatable bonds is 5. The summed E-state index contributed by atoms with van der Waals surface area (Å²) in [6, 6.07) is 1.93. The second-order valence-corrected chi connectivity index (χ2v) is 7.39. The molecule has 4 rings (SSSR count). The molecule has 1 saturated carbocycles. The van der Waals surface area contributed by atoms with Crippen LogP contribution in [0, 0.1) is 12.8 Å². The number of nitrogens with two attached hydrogens (primary N) is 1. The highest BCUT2D eigenvalue weighted by Gasteiger charge is 2.32. The first-order valence-electron chi connectivity index (χ1n) is 9.29. The maximum Gasteiger partial charge on any atom is 0.341 e. The van der Waals surface area contributed by atoms with Crippen molar-refractivity contribution in [1.82, 2.24) is 9.55 Å². The molecule has 0 radical (unpaired) electrons. The van der Waals surface area contributed by atoms with Gasteiger partial charge in [0.15, 0.2) is 0 Å². The van der Waals surface area contributed by atoms with E-state index in [4.69, 9.17) is 15.6 Å². The Bertz CT molecular complexity index is 1040. The minimum Gasteiger partial charge on any atom is -0.477 e. The summed E-state index contributed by atoms with van der Waals surface area (Å²) in [6.45, 7) is 3.55. The highest BCUT2D eigenvalue weighted by atomic mass is 16.6. The highest BCUT2D eigenvalue weighted by molar-refractivity contribution is 5.95. The second kappa shape index (κ2) is 6.90. The first-order chi connectivity index (χ1) is 13.4. The molecule has 1 saturated heterocycles. The van der Waals surface area contributed by atoms with Gasteiger partial charge >= 0.3 is 5.97 Å². The monoisotopic (exact) mass is 385 g/mol. The minimum absolute atomic E-state index is 0.0804.